The molecule has 1 aromatic carbocycles. The number of piperidine rings is 1. The molecular weight excluding hydrogens is 342 g/mol. The lowest BCUT2D eigenvalue weighted by Crippen LogP contribution is -2.42. The minimum Gasteiger partial charge on any atom is -0.355 e. The van der Waals surface area contributed by atoms with E-state index in [1.807, 2.05) is 6.07 Å². The number of nitrogens with one attached hydrogen (secondary N) is 1. The van der Waals surface area contributed by atoms with Gasteiger partial charge in [-0.1, -0.05) is 37.8 Å². The summed E-state index contributed by atoms with van der Waals surface area (Å²) in [5.74, 6) is 0.873. The molecular formula is C21H29N3OS. The SMILES string of the molecule is O=C(CN1CCCC[C@H]1c1nc2ccccc2s1)NCC1CCCCC1. The minimum absolute atomic E-state index is 0.184. The number of thiazole rings is 1. The highest BCUT2D eigenvalue weighted by molar-refractivity contribution is 7.18. The molecule has 4 rings (SSSR count). The van der Waals surface area contributed by atoms with Crippen LogP contribution in [0.15, 0.2) is 24.3 Å². The second-order valence-electron chi connectivity index (χ2n) is 7.81. The van der Waals surface area contributed by atoms with Crippen molar-refractivity contribution in [2.75, 3.05) is 19.6 Å². The summed E-state index contributed by atoms with van der Waals surface area (Å²) in [5.41, 5.74) is 1.08. The Kier molecular flexibility index (Phi) is 5.85. The molecule has 1 aromatic heterocycles. The largest absolute Gasteiger partial charge is 0.355 e. The zero-order chi connectivity index (χ0) is 17.8. The third-order valence-corrected chi connectivity index (χ3v) is 7.01. The van der Waals surface area contributed by atoms with E-state index in [2.05, 4.69) is 28.4 Å². The Morgan fingerprint density at radius 3 is 2.77 bits per heavy atom. The first-order chi connectivity index (χ1) is 12.8. The molecule has 1 saturated heterocycles. The molecule has 2 heterocycles. The van der Waals surface area contributed by atoms with Gasteiger partial charge >= 0.3 is 0 Å². The first kappa shape index (κ1) is 17.9. The van der Waals surface area contributed by atoms with Crippen molar-refractivity contribution in [1.82, 2.24) is 15.2 Å². The van der Waals surface area contributed by atoms with Gasteiger partial charge in [-0.05, 0) is 50.3 Å². The number of fused-ring (bicyclic) bond motifs is 1. The van der Waals surface area contributed by atoms with Crippen LogP contribution in [0.5, 0.6) is 0 Å². The first-order valence-electron chi connectivity index (χ1n) is 10.2. The molecule has 1 N–H and O–H groups in total. The zero-order valence-electron chi connectivity index (χ0n) is 15.5. The molecule has 0 unspecified atom stereocenters. The molecule has 2 aliphatic rings. The van der Waals surface area contributed by atoms with Crippen LogP contribution in [0.1, 0.15) is 62.4 Å². The molecule has 26 heavy (non-hydrogen) atoms. The molecule has 140 valence electrons. The highest BCUT2D eigenvalue weighted by Crippen LogP contribution is 2.35. The number of rotatable bonds is 5. The molecule has 1 amide bonds. The smallest absolute Gasteiger partial charge is 0.234 e. The van der Waals surface area contributed by atoms with E-state index < -0.39 is 0 Å². The lowest BCUT2D eigenvalue weighted by Gasteiger charge is -2.34. The topological polar surface area (TPSA) is 45.2 Å². The molecule has 1 saturated carbocycles. The van der Waals surface area contributed by atoms with Gasteiger partial charge < -0.3 is 5.32 Å². The number of hydrogen-bond donors (Lipinski definition) is 1. The fraction of sp³-hybridized carbons (Fsp3) is 0.619. The van der Waals surface area contributed by atoms with Crippen LogP contribution in [-0.2, 0) is 4.79 Å². The third-order valence-electron chi connectivity index (χ3n) is 5.87. The van der Waals surface area contributed by atoms with E-state index in [0.717, 1.165) is 25.0 Å². The number of para-hydroxylation sites is 1. The standard InChI is InChI=1S/C21H29N3OS/c25-20(22-14-16-8-2-1-3-9-16)15-24-13-7-6-11-18(24)21-23-17-10-4-5-12-19(17)26-21/h4-5,10,12,16,18H,1-3,6-9,11,13-15H2,(H,22,25)/t18-/m0/s1. The number of hydrogen-bond acceptors (Lipinski definition) is 4. The lowest BCUT2D eigenvalue weighted by molar-refractivity contribution is -0.123. The van der Waals surface area contributed by atoms with Gasteiger partial charge in [0.15, 0.2) is 0 Å². The van der Waals surface area contributed by atoms with Gasteiger partial charge in [-0.3, -0.25) is 9.69 Å². The molecule has 0 bridgehead atoms. The Bertz CT molecular complexity index is 705. The van der Waals surface area contributed by atoms with E-state index in [4.69, 9.17) is 4.98 Å². The molecule has 2 fully saturated rings. The van der Waals surface area contributed by atoms with Crippen LogP contribution < -0.4 is 5.32 Å². The van der Waals surface area contributed by atoms with Crippen LogP contribution in [0, 0.1) is 5.92 Å². The van der Waals surface area contributed by atoms with Gasteiger partial charge in [-0.15, -0.1) is 11.3 Å². The number of aromatic nitrogens is 1. The third kappa shape index (κ3) is 4.26. The fourth-order valence-corrected chi connectivity index (χ4v) is 5.52. The number of carbonyl (C=O) groups excluding carboxylic acids is 1. The van der Waals surface area contributed by atoms with E-state index in [0.29, 0.717) is 18.5 Å². The second kappa shape index (κ2) is 8.49. The normalized spacial score (nSPS) is 22.5. The van der Waals surface area contributed by atoms with Gasteiger partial charge in [-0.25, -0.2) is 4.98 Å². The van der Waals surface area contributed by atoms with Crippen molar-refractivity contribution in [3.63, 3.8) is 0 Å². The molecule has 2 aromatic rings. The van der Waals surface area contributed by atoms with Crippen LogP contribution in [0.2, 0.25) is 0 Å². The van der Waals surface area contributed by atoms with Crippen LogP contribution in [-0.4, -0.2) is 35.4 Å². The minimum atomic E-state index is 0.184. The van der Waals surface area contributed by atoms with Gasteiger partial charge in [0.2, 0.25) is 5.91 Å². The van der Waals surface area contributed by atoms with Gasteiger partial charge in [-0.2, -0.15) is 0 Å². The maximum atomic E-state index is 12.5. The Labute approximate surface area is 160 Å². The molecule has 4 nitrogen and oxygen atoms in total. The maximum absolute atomic E-state index is 12.5. The van der Waals surface area contributed by atoms with E-state index >= 15 is 0 Å². The number of nitrogens with zero attached hydrogens (tertiary/aromatic N) is 2. The molecule has 1 atom stereocenters. The summed E-state index contributed by atoms with van der Waals surface area (Å²) in [5, 5.41) is 4.37. The Morgan fingerprint density at radius 2 is 1.92 bits per heavy atom. The van der Waals surface area contributed by atoms with Crippen LogP contribution in [0.3, 0.4) is 0 Å². The van der Waals surface area contributed by atoms with Crippen molar-refractivity contribution in [2.45, 2.75) is 57.4 Å². The Balaban J connectivity index is 1.38. The highest BCUT2D eigenvalue weighted by Gasteiger charge is 2.28. The first-order valence-corrected chi connectivity index (χ1v) is 11.0. The summed E-state index contributed by atoms with van der Waals surface area (Å²) in [6.45, 7) is 2.36. The molecule has 5 heteroatoms. The number of benzene rings is 1. The van der Waals surface area contributed by atoms with Crippen molar-refractivity contribution in [1.29, 1.82) is 0 Å². The summed E-state index contributed by atoms with van der Waals surface area (Å²) < 4.78 is 1.25. The van der Waals surface area contributed by atoms with E-state index in [9.17, 15) is 4.79 Å². The Morgan fingerprint density at radius 1 is 1.12 bits per heavy atom. The monoisotopic (exact) mass is 371 g/mol. The lowest BCUT2D eigenvalue weighted by atomic mass is 9.89. The van der Waals surface area contributed by atoms with Crippen molar-refractivity contribution >= 4 is 27.5 Å². The number of amides is 1. The van der Waals surface area contributed by atoms with E-state index in [1.165, 1.54) is 54.7 Å². The van der Waals surface area contributed by atoms with Gasteiger partial charge in [0.05, 0.1) is 22.8 Å². The quantitative estimate of drug-likeness (QED) is 0.840. The van der Waals surface area contributed by atoms with Crippen molar-refractivity contribution in [2.24, 2.45) is 5.92 Å². The summed E-state index contributed by atoms with van der Waals surface area (Å²) in [6.07, 6.45) is 10.1. The average molecular weight is 372 g/mol. The molecule has 0 spiro atoms. The van der Waals surface area contributed by atoms with Gasteiger partial charge in [0, 0.05) is 6.54 Å². The van der Waals surface area contributed by atoms with Crippen molar-refractivity contribution in [3.05, 3.63) is 29.3 Å². The van der Waals surface area contributed by atoms with Crippen molar-refractivity contribution in [3.8, 4) is 0 Å². The summed E-state index contributed by atoms with van der Waals surface area (Å²) in [7, 11) is 0. The summed E-state index contributed by atoms with van der Waals surface area (Å²) in [6, 6.07) is 8.63. The number of carbonyl (C=O) groups is 1. The highest BCUT2D eigenvalue weighted by atomic mass is 32.1. The Hall–Kier alpha value is -1.46. The van der Waals surface area contributed by atoms with Crippen LogP contribution >= 0.6 is 11.3 Å². The predicted molar refractivity (Wildman–Crippen MR) is 107 cm³/mol. The predicted octanol–water partition coefficient (Wildman–Crippen LogP) is 4.52. The number of likely N-dealkylation sites (tertiary alicyclic amines) is 1. The summed E-state index contributed by atoms with van der Waals surface area (Å²) >= 11 is 1.79. The maximum Gasteiger partial charge on any atom is 0.234 e. The summed E-state index contributed by atoms with van der Waals surface area (Å²) in [4.78, 5) is 19.7. The zero-order valence-corrected chi connectivity index (χ0v) is 16.3. The van der Waals surface area contributed by atoms with Gasteiger partial charge in [0.1, 0.15) is 5.01 Å². The van der Waals surface area contributed by atoms with E-state index in [-0.39, 0.29) is 5.91 Å². The average Bonchev–Trinajstić information content (AvgIpc) is 3.12. The van der Waals surface area contributed by atoms with E-state index in [1.54, 1.807) is 11.3 Å². The van der Waals surface area contributed by atoms with Crippen molar-refractivity contribution < 1.29 is 4.79 Å². The van der Waals surface area contributed by atoms with Crippen LogP contribution in [0.25, 0.3) is 10.2 Å². The fourth-order valence-electron chi connectivity index (χ4n) is 4.38. The molecule has 1 aliphatic carbocycles. The van der Waals surface area contributed by atoms with Gasteiger partial charge in [0.25, 0.3) is 0 Å². The second-order valence-corrected chi connectivity index (χ2v) is 8.87. The molecule has 0 radical (unpaired) electrons. The molecule has 1 aliphatic heterocycles. The van der Waals surface area contributed by atoms with Crippen LogP contribution in [0.4, 0.5) is 0 Å².